The van der Waals surface area contributed by atoms with Gasteiger partial charge in [0.25, 0.3) is 5.91 Å². The highest BCUT2D eigenvalue weighted by Gasteiger charge is 2.42. The van der Waals surface area contributed by atoms with Crippen molar-refractivity contribution in [2.45, 2.75) is 0 Å². The largest absolute Gasteiger partial charge is 0.340 e. The molecule has 4 heterocycles. The number of hydrogen-bond acceptors (Lipinski definition) is 5. The topological polar surface area (TPSA) is 62.2 Å². The molecule has 2 atom stereocenters. The summed E-state index contributed by atoms with van der Waals surface area (Å²) in [4.78, 5) is 29.3. The van der Waals surface area contributed by atoms with Gasteiger partial charge in [0.15, 0.2) is 0 Å². The minimum atomic E-state index is 0.110. The van der Waals surface area contributed by atoms with Crippen molar-refractivity contribution in [1.29, 1.82) is 0 Å². The van der Waals surface area contributed by atoms with Crippen LogP contribution < -0.4 is 4.90 Å². The van der Waals surface area contributed by atoms with Crippen LogP contribution in [0.1, 0.15) is 10.4 Å². The molecule has 2 aromatic heterocycles. The Morgan fingerprint density at radius 2 is 1.59 bits per heavy atom. The van der Waals surface area contributed by atoms with Gasteiger partial charge in [0.05, 0.1) is 0 Å². The van der Waals surface area contributed by atoms with Crippen LogP contribution in [0, 0.1) is 11.8 Å². The smallest absolute Gasteiger partial charge is 0.253 e. The Morgan fingerprint density at radius 3 is 2.23 bits per heavy atom. The fraction of sp³-hybridized carbons (Fsp3) is 0.375. The number of aromatic nitrogens is 3. The molecule has 2 fully saturated rings. The molecule has 0 N–H and O–H groups in total. The molecule has 2 aliphatic rings. The molecule has 0 aromatic carbocycles. The Balaban J connectivity index is 1.43. The summed E-state index contributed by atoms with van der Waals surface area (Å²) < 4.78 is 0. The molecule has 0 unspecified atom stereocenters. The van der Waals surface area contributed by atoms with Crippen molar-refractivity contribution in [2.75, 3.05) is 31.1 Å². The molecular weight excluding hydrogens is 278 g/mol. The minimum absolute atomic E-state index is 0.110. The first-order valence-corrected chi connectivity index (χ1v) is 7.52. The molecule has 6 nitrogen and oxygen atoms in total. The van der Waals surface area contributed by atoms with E-state index in [1.54, 1.807) is 36.9 Å². The third-order valence-electron chi connectivity index (χ3n) is 4.54. The second-order valence-corrected chi connectivity index (χ2v) is 5.92. The van der Waals surface area contributed by atoms with Gasteiger partial charge in [-0.25, -0.2) is 9.97 Å². The Labute approximate surface area is 128 Å². The van der Waals surface area contributed by atoms with Gasteiger partial charge in [0.2, 0.25) is 5.95 Å². The van der Waals surface area contributed by atoms with E-state index in [9.17, 15) is 4.79 Å². The van der Waals surface area contributed by atoms with E-state index in [4.69, 9.17) is 0 Å². The standard InChI is InChI=1S/C16H17N5O/c22-15(12-2-6-17-7-3-12)20-8-13-10-21(11-14(13)9-20)16-18-4-1-5-19-16/h1-7,13-14H,8-11H2/t13-,14-/m0/s1. The zero-order chi connectivity index (χ0) is 14.9. The lowest BCUT2D eigenvalue weighted by atomic mass is 10.0. The van der Waals surface area contributed by atoms with Gasteiger partial charge in [-0.05, 0) is 18.2 Å². The molecule has 4 rings (SSSR count). The average molecular weight is 295 g/mol. The van der Waals surface area contributed by atoms with Crippen molar-refractivity contribution < 1.29 is 4.79 Å². The number of pyridine rings is 1. The number of nitrogens with zero attached hydrogens (tertiary/aromatic N) is 5. The van der Waals surface area contributed by atoms with E-state index < -0.39 is 0 Å². The van der Waals surface area contributed by atoms with Crippen molar-refractivity contribution in [2.24, 2.45) is 11.8 Å². The summed E-state index contributed by atoms with van der Waals surface area (Å²) in [7, 11) is 0. The lowest BCUT2D eigenvalue weighted by Gasteiger charge is -2.21. The molecule has 1 amide bonds. The van der Waals surface area contributed by atoms with Crippen LogP contribution in [0.5, 0.6) is 0 Å². The van der Waals surface area contributed by atoms with Crippen LogP contribution in [-0.2, 0) is 0 Å². The Hall–Kier alpha value is -2.50. The Morgan fingerprint density at radius 1 is 0.955 bits per heavy atom. The first-order chi connectivity index (χ1) is 10.8. The molecule has 6 heteroatoms. The summed E-state index contributed by atoms with van der Waals surface area (Å²) in [6.07, 6.45) is 6.88. The van der Waals surface area contributed by atoms with Crippen LogP contribution in [0.2, 0.25) is 0 Å². The number of carbonyl (C=O) groups excluding carboxylic acids is 1. The molecule has 0 radical (unpaired) electrons. The van der Waals surface area contributed by atoms with Gasteiger partial charge in [-0.2, -0.15) is 0 Å². The molecule has 0 spiro atoms. The lowest BCUT2D eigenvalue weighted by Crippen LogP contribution is -2.33. The normalized spacial score (nSPS) is 23.6. The van der Waals surface area contributed by atoms with Crippen LogP contribution in [-0.4, -0.2) is 51.9 Å². The number of hydrogen-bond donors (Lipinski definition) is 0. The number of likely N-dealkylation sites (tertiary alicyclic amines) is 1. The second kappa shape index (κ2) is 5.36. The third kappa shape index (κ3) is 2.30. The lowest BCUT2D eigenvalue weighted by molar-refractivity contribution is 0.0782. The van der Waals surface area contributed by atoms with Gasteiger partial charge < -0.3 is 9.80 Å². The van der Waals surface area contributed by atoms with E-state index in [1.165, 1.54) is 0 Å². The van der Waals surface area contributed by atoms with Crippen LogP contribution in [0.4, 0.5) is 5.95 Å². The fourth-order valence-corrected chi connectivity index (χ4v) is 3.45. The number of amides is 1. The fourth-order valence-electron chi connectivity index (χ4n) is 3.45. The van der Waals surface area contributed by atoms with Gasteiger partial charge in [0.1, 0.15) is 0 Å². The Bertz CT molecular complexity index is 649. The quantitative estimate of drug-likeness (QED) is 0.829. The van der Waals surface area contributed by atoms with Gasteiger partial charge in [0, 0.05) is 68.4 Å². The first-order valence-electron chi connectivity index (χ1n) is 7.52. The predicted octanol–water partition coefficient (Wildman–Crippen LogP) is 1.08. The summed E-state index contributed by atoms with van der Waals surface area (Å²) in [6, 6.07) is 5.39. The predicted molar refractivity (Wildman–Crippen MR) is 81.4 cm³/mol. The monoisotopic (exact) mass is 295 g/mol. The molecule has 2 aliphatic heterocycles. The van der Waals surface area contributed by atoms with Gasteiger partial charge in [-0.15, -0.1) is 0 Å². The maximum atomic E-state index is 12.5. The van der Waals surface area contributed by atoms with E-state index in [0.29, 0.717) is 11.8 Å². The maximum absolute atomic E-state index is 12.5. The first kappa shape index (κ1) is 13.2. The summed E-state index contributed by atoms with van der Waals surface area (Å²) in [5, 5.41) is 0. The highest BCUT2D eigenvalue weighted by molar-refractivity contribution is 5.94. The highest BCUT2D eigenvalue weighted by Crippen LogP contribution is 2.33. The zero-order valence-electron chi connectivity index (χ0n) is 12.2. The molecule has 0 bridgehead atoms. The van der Waals surface area contributed by atoms with Crippen molar-refractivity contribution in [3.05, 3.63) is 48.5 Å². The van der Waals surface area contributed by atoms with Gasteiger partial charge in [-0.1, -0.05) is 0 Å². The number of anilines is 1. The summed E-state index contributed by atoms with van der Waals surface area (Å²) >= 11 is 0. The third-order valence-corrected chi connectivity index (χ3v) is 4.54. The van der Waals surface area contributed by atoms with Crippen molar-refractivity contribution in [3.8, 4) is 0 Å². The molecular formula is C16H17N5O. The van der Waals surface area contributed by atoms with Crippen LogP contribution in [0.3, 0.4) is 0 Å². The molecule has 2 aromatic rings. The summed E-state index contributed by atoms with van der Waals surface area (Å²) in [5.74, 6) is 1.92. The average Bonchev–Trinajstić information content (AvgIpc) is 3.15. The van der Waals surface area contributed by atoms with E-state index in [2.05, 4.69) is 19.9 Å². The van der Waals surface area contributed by atoms with Crippen molar-refractivity contribution in [3.63, 3.8) is 0 Å². The second-order valence-electron chi connectivity index (χ2n) is 5.92. The highest BCUT2D eigenvalue weighted by atomic mass is 16.2. The number of rotatable bonds is 2. The molecule has 0 saturated carbocycles. The van der Waals surface area contributed by atoms with E-state index in [1.807, 2.05) is 11.0 Å². The van der Waals surface area contributed by atoms with Crippen molar-refractivity contribution in [1.82, 2.24) is 19.9 Å². The van der Waals surface area contributed by atoms with Crippen LogP contribution in [0.15, 0.2) is 43.0 Å². The molecule has 2 saturated heterocycles. The maximum Gasteiger partial charge on any atom is 0.253 e. The summed E-state index contributed by atoms with van der Waals surface area (Å²) in [5.41, 5.74) is 0.721. The zero-order valence-corrected chi connectivity index (χ0v) is 12.2. The molecule has 0 aliphatic carbocycles. The molecule has 22 heavy (non-hydrogen) atoms. The minimum Gasteiger partial charge on any atom is -0.340 e. The van der Waals surface area contributed by atoms with Crippen LogP contribution in [0.25, 0.3) is 0 Å². The molecule has 112 valence electrons. The van der Waals surface area contributed by atoms with E-state index >= 15 is 0 Å². The van der Waals surface area contributed by atoms with Crippen molar-refractivity contribution >= 4 is 11.9 Å². The van der Waals surface area contributed by atoms with E-state index in [-0.39, 0.29) is 5.91 Å². The van der Waals surface area contributed by atoms with E-state index in [0.717, 1.165) is 37.7 Å². The number of carbonyl (C=O) groups is 1. The van der Waals surface area contributed by atoms with Crippen LogP contribution >= 0.6 is 0 Å². The SMILES string of the molecule is O=C(c1ccncc1)N1C[C@H]2CN(c3ncccn3)C[C@@H]2C1. The number of fused-ring (bicyclic) bond motifs is 1. The van der Waals surface area contributed by atoms with Gasteiger partial charge >= 0.3 is 0 Å². The van der Waals surface area contributed by atoms with Gasteiger partial charge in [-0.3, -0.25) is 9.78 Å². The Kier molecular flexibility index (Phi) is 3.21. The summed E-state index contributed by atoms with van der Waals surface area (Å²) in [6.45, 7) is 3.48.